The highest BCUT2D eigenvalue weighted by atomic mass is 16.5. The normalized spacial score (nSPS) is 13.8. The Morgan fingerprint density at radius 2 is 1.86 bits per heavy atom. The van der Waals surface area contributed by atoms with E-state index >= 15 is 0 Å². The number of piperazine rings is 1. The first kappa shape index (κ1) is 19.4. The van der Waals surface area contributed by atoms with Gasteiger partial charge in [0.1, 0.15) is 5.82 Å². The number of hydrogen-bond donors (Lipinski definition) is 0. The molecule has 0 amide bonds. The van der Waals surface area contributed by atoms with Crippen LogP contribution in [0.15, 0.2) is 36.5 Å². The highest BCUT2D eigenvalue weighted by molar-refractivity contribution is 6.00. The number of ketones is 1. The Morgan fingerprint density at radius 1 is 1.14 bits per heavy atom. The van der Waals surface area contributed by atoms with Crippen molar-refractivity contribution in [1.29, 1.82) is 5.26 Å². The van der Waals surface area contributed by atoms with Crippen LogP contribution in [-0.4, -0.2) is 49.5 Å². The first-order valence-electron chi connectivity index (χ1n) is 9.21. The van der Waals surface area contributed by atoms with Gasteiger partial charge in [-0.2, -0.15) is 5.26 Å². The molecule has 0 spiro atoms. The van der Waals surface area contributed by atoms with Crippen molar-refractivity contribution in [2.75, 3.05) is 42.6 Å². The summed E-state index contributed by atoms with van der Waals surface area (Å²) < 4.78 is 4.98. The van der Waals surface area contributed by atoms with Crippen LogP contribution in [-0.2, 0) is 4.74 Å². The van der Waals surface area contributed by atoms with Crippen molar-refractivity contribution >= 4 is 23.3 Å². The lowest BCUT2D eigenvalue weighted by atomic mass is 10.0. The van der Waals surface area contributed by atoms with Crippen LogP contribution >= 0.6 is 0 Å². The molecule has 1 aromatic carbocycles. The third-order valence-electron chi connectivity index (χ3n) is 4.71. The molecule has 7 heteroatoms. The number of rotatable bonds is 5. The Kier molecular flexibility index (Phi) is 5.90. The van der Waals surface area contributed by atoms with E-state index in [1.807, 2.05) is 6.07 Å². The van der Waals surface area contributed by atoms with Crippen molar-refractivity contribution in [3.8, 4) is 6.07 Å². The number of ether oxygens (including phenoxy) is 1. The van der Waals surface area contributed by atoms with Crippen LogP contribution in [0, 0.1) is 11.3 Å². The molecule has 0 radical (unpaired) electrons. The molecule has 1 fully saturated rings. The lowest BCUT2D eigenvalue weighted by Gasteiger charge is -2.37. The maximum atomic E-state index is 12.0. The van der Waals surface area contributed by atoms with Crippen molar-refractivity contribution in [1.82, 2.24) is 4.98 Å². The molecule has 28 heavy (non-hydrogen) atoms. The van der Waals surface area contributed by atoms with Gasteiger partial charge < -0.3 is 14.5 Å². The van der Waals surface area contributed by atoms with Crippen LogP contribution in [0.2, 0.25) is 0 Å². The second kappa shape index (κ2) is 8.53. The highest BCUT2D eigenvalue weighted by Gasteiger charge is 2.22. The third-order valence-corrected chi connectivity index (χ3v) is 4.71. The van der Waals surface area contributed by atoms with Gasteiger partial charge >= 0.3 is 5.97 Å². The summed E-state index contributed by atoms with van der Waals surface area (Å²) in [5.41, 5.74) is 2.41. The highest BCUT2D eigenvalue weighted by Crippen LogP contribution is 2.25. The summed E-state index contributed by atoms with van der Waals surface area (Å²) in [6.45, 7) is 6.49. The molecule has 1 saturated heterocycles. The van der Waals surface area contributed by atoms with Crippen LogP contribution in [0.1, 0.15) is 40.1 Å². The van der Waals surface area contributed by atoms with E-state index < -0.39 is 0 Å². The van der Waals surface area contributed by atoms with Gasteiger partial charge in [0, 0.05) is 43.6 Å². The molecular formula is C21H22N4O3. The zero-order chi connectivity index (χ0) is 20.1. The van der Waals surface area contributed by atoms with Crippen molar-refractivity contribution in [2.45, 2.75) is 13.8 Å². The molecule has 7 nitrogen and oxygen atoms in total. The maximum absolute atomic E-state index is 12.0. The smallest absolute Gasteiger partial charge is 0.339 e. The maximum Gasteiger partial charge on any atom is 0.339 e. The van der Waals surface area contributed by atoms with Gasteiger partial charge in [-0.1, -0.05) is 0 Å². The van der Waals surface area contributed by atoms with E-state index in [1.165, 1.54) is 13.1 Å². The van der Waals surface area contributed by atoms with E-state index in [9.17, 15) is 14.9 Å². The monoisotopic (exact) mass is 378 g/mol. The van der Waals surface area contributed by atoms with E-state index in [1.54, 1.807) is 31.2 Å². The molecule has 1 aliphatic rings. The van der Waals surface area contributed by atoms with Crippen LogP contribution < -0.4 is 9.80 Å². The number of anilines is 2. The van der Waals surface area contributed by atoms with Gasteiger partial charge in [-0.15, -0.1) is 0 Å². The molecular weight excluding hydrogens is 356 g/mol. The van der Waals surface area contributed by atoms with E-state index in [-0.39, 0.29) is 11.8 Å². The lowest BCUT2D eigenvalue weighted by molar-refractivity contribution is 0.0525. The predicted octanol–water partition coefficient (Wildman–Crippen LogP) is 2.66. The van der Waals surface area contributed by atoms with E-state index in [2.05, 4.69) is 20.9 Å². The molecule has 0 unspecified atom stereocenters. The van der Waals surface area contributed by atoms with Crippen molar-refractivity contribution in [3.05, 3.63) is 53.2 Å². The van der Waals surface area contributed by atoms with Gasteiger partial charge in [-0.3, -0.25) is 4.79 Å². The van der Waals surface area contributed by atoms with Gasteiger partial charge in [0.25, 0.3) is 0 Å². The lowest BCUT2D eigenvalue weighted by Crippen LogP contribution is -2.47. The SMILES string of the molecule is CCOC(=O)c1ccc(N2CCN(c3cc(C#N)ccc3C(C)=O)CC2)nc1. The number of pyridine rings is 1. The van der Waals surface area contributed by atoms with Crippen LogP contribution in [0.5, 0.6) is 0 Å². The largest absolute Gasteiger partial charge is 0.462 e. The topological polar surface area (TPSA) is 86.5 Å². The number of carbonyl (C=O) groups excluding carboxylic acids is 2. The Morgan fingerprint density at radius 3 is 2.43 bits per heavy atom. The Balaban J connectivity index is 1.71. The Hall–Kier alpha value is -3.40. The summed E-state index contributed by atoms with van der Waals surface area (Å²) in [5, 5.41) is 9.17. The third kappa shape index (κ3) is 4.12. The number of hydrogen-bond acceptors (Lipinski definition) is 7. The summed E-state index contributed by atoms with van der Waals surface area (Å²) in [6, 6.07) is 10.8. The molecule has 0 saturated carbocycles. The zero-order valence-corrected chi connectivity index (χ0v) is 16.0. The van der Waals surface area contributed by atoms with Crippen molar-refractivity contribution in [2.24, 2.45) is 0 Å². The minimum Gasteiger partial charge on any atom is -0.462 e. The average Bonchev–Trinajstić information content (AvgIpc) is 2.73. The van der Waals surface area contributed by atoms with Gasteiger partial charge in [0.2, 0.25) is 0 Å². The Labute approximate surface area is 164 Å². The van der Waals surface area contributed by atoms with Crippen molar-refractivity contribution < 1.29 is 14.3 Å². The fraction of sp³-hybridized carbons (Fsp3) is 0.333. The summed E-state index contributed by atoms with van der Waals surface area (Å²) in [5.74, 6) is 0.406. The standard InChI is InChI=1S/C21H22N4O3/c1-3-28-21(27)17-5-7-20(23-14-17)25-10-8-24(9-11-25)19-12-16(13-22)4-6-18(19)15(2)26/h4-7,12,14H,3,8-11H2,1-2H3. The summed E-state index contributed by atoms with van der Waals surface area (Å²) in [6.07, 6.45) is 1.53. The van der Waals surface area contributed by atoms with Gasteiger partial charge in [-0.05, 0) is 44.2 Å². The number of benzene rings is 1. The number of Topliss-reactive ketones (excluding diaryl/α,β-unsaturated/α-hetero) is 1. The summed E-state index contributed by atoms with van der Waals surface area (Å²) in [7, 11) is 0. The summed E-state index contributed by atoms with van der Waals surface area (Å²) >= 11 is 0. The first-order valence-corrected chi connectivity index (χ1v) is 9.21. The molecule has 144 valence electrons. The Bertz CT molecular complexity index is 910. The van der Waals surface area contributed by atoms with Crippen LogP contribution in [0.4, 0.5) is 11.5 Å². The molecule has 0 atom stereocenters. The first-order chi connectivity index (χ1) is 13.5. The van der Waals surface area contributed by atoms with Gasteiger partial charge in [-0.25, -0.2) is 9.78 Å². The second-order valence-electron chi connectivity index (χ2n) is 6.50. The van der Waals surface area contributed by atoms with Crippen LogP contribution in [0.3, 0.4) is 0 Å². The molecule has 0 aliphatic carbocycles. The zero-order valence-electron chi connectivity index (χ0n) is 16.0. The van der Waals surface area contributed by atoms with Crippen molar-refractivity contribution in [3.63, 3.8) is 0 Å². The molecule has 3 rings (SSSR count). The van der Waals surface area contributed by atoms with E-state index in [0.717, 1.165) is 24.6 Å². The minimum atomic E-state index is -0.375. The molecule has 2 aromatic rings. The number of carbonyl (C=O) groups is 2. The number of esters is 1. The van der Waals surface area contributed by atoms with Crippen LogP contribution in [0.25, 0.3) is 0 Å². The fourth-order valence-corrected chi connectivity index (χ4v) is 3.25. The van der Waals surface area contributed by atoms with Gasteiger partial charge in [0.15, 0.2) is 5.78 Å². The molecule has 2 heterocycles. The fourth-order valence-electron chi connectivity index (χ4n) is 3.25. The number of nitrogens with zero attached hydrogens (tertiary/aromatic N) is 4. The number of nitriles is 1. The molecule has 0 N–H and O–H groups in total. The molecule has 1 aliphatic heterocycles. The molecule has 0 bridgehead atoms. The quantitative estimate of drug-likeness (QED) is 0.584. The van der Waals surface area contributed by atoms with E-state index in [0.29, 0.717) is 36.4 Å². The summed E-state index contributed by atoms with van der Waals surface area (Å²) in [4.78, 5) is 32.3. The average molecular weight is 378 g/mol. The molecule has 1 aromatic heterocycles. The predicted molar refractivity (Wildman–Crippen MR) is 106 cm³/mol. The number of aromatic nitrogens is 1. The van der Waals surface area contributed by atoms with Gasteiger partial charge in [0.05, 0.1) is 23.8 Å². The second-order valence-corrected chi connectivity index (χ2v) is 6.50. The minimum absolute atomic E-state index is 0.0156. The van der Waals surface area contributed by atoms with E-state index in [4.69, 9.17) is 4.74 Å².